The fourth-order valence-electron chi connectivity index (χ4n) is 3.02. The van der Waals surface area contributed by atoms with Gasteiger partial charge in [-0.25, -0.2) is 0 Å². The molecule has 0 aliphatic carbocycles. The van der Waals surface area contributed by atoms with Gasteiger partial charge in [0.15, 0.2) is 0 Å². The monoisotopic (exact) mass is 210 g/mol. The highest BCUT2D eigenvalue weighted by molar-refractivity contribution is 5.79. The third-order valence-electron chi connectivity index (χ3n) is 3.95. The molecule has 0 unspecified atom stereocenters. The Hall–Kier alpha value is -0.610. The van der Waals surface area contributed by atoms with E-state index < -0.39 is 0 Å². The minimum atomic E-state index is 0.142. The van der Waals surface area contributed by atoms with E-state index in [4.69, 9.17) is 4.74 Å². The number of rotatable bonds is 1. The average Bonchev–Trinajstić information content (AvgIpc) is 2.92. The number of ether oxygens (including phenoxy) is 1. The molecule has 0 saturated carbocycles. The Labute approximate surface area is 90.0 Å². The van der Waals surface area contributed by atoms with E-state index in [2.05, 4.69) is 5.32 Å². The number of nitrogens with zero attached hydrogens (tertiary/aromatic N) is 1. The highest BCUT2D eigenvalue weighted by atomic mass is 16.5. The fraction of sp³-hybridized carbons (Fsp3) is 0.909. The van der Waals surface area contributed by atoms with Crippen LogP contribution in [0.2, 0.25) is 0 Å². The molecule has 3 rings (SSSR count). The second kappa shape index (κ2) is 3.76. The molecular weight excluding hydrogens is 192 g/mol. The quantitative estimate of drug-likeness (QED) is 0.654. The van der Waals surface area contributed by atoms with Gasteiger partial charge in [0.1, 0.15) is 0 Å². The fourth-order valence-corrected chi connectivity index (χ4v) is 3.02. The summed E-state index contributed by atoms with van der Waals surface area (Å²) < 4.78 is 5.27. The number of amides is 1. The molecule has 0 aromatic rings. The zero-order chi connectivity index (χ0) is 10.3. The van der Waals surface area contributed by atoms with E-state index in [1.807, 2.05) is 4.90 Å². The lowest BCUT2D eigenvalue weighted by Gasteiger charge is -2.20. The average molecular weight is 210 g/mol. The van der Waals surface area contributed by atoms with Crippen LogP contribution in [0.5, 0.6) is 0 Å². The molecule has 0 bridgehead atoms. The SMILES string of the molecule is O=C([C@@H]1CCOC1)N1C[C@H]2CCN[C@H]2C1. The van der Waals surface area contributed by atoms with E-state index in [0.717, 1.165) is 32.7 Å². The maximum Gasteiger partial charge on any atom is 0.228 e. The first-order valence-electron chi connectivity index (χ1n) is 5.94. The molecule has 3 aliphatic rings. The maximum absolute atomic E-state index is 12.1. The Bertz CT molecular complexity index is 251. The van der Waals surface area contributed by atoms with Crippen LogP contribution in [0.4, 0.5) is 0 Å². The summed E-state index contributed by atoms with van der Waals surface area (Å²) in [6.45, 7) is 4.41. The van der Waals surface area contributed by atoms with Crippen LogP contribution in [0.3, 0.4) is 0 Å². The summed E-state index contributed by atoms with van der Waals surface area (Å²) >= 11 is 0. The lowest BCUT2D eigenvalue weighted by atomic mass is 10.1. The van der Waals surface area contributed by atoms with E-state index in [-0.39, 0.29) is 5.92 Å². The molecule has 3 saturated heterocycles. The van der Waals surface area contributed by atoms with Crippen molar-refractivity contribution in [2.75, 3.05) is 32.8 Å². The number of nitrogens with one attached hydrogen (secondary N) is 1. The van der Waals surface area contributed by atoms with Crippen LogP contribution >= 0.6 is 0 Å². The van der Waals surface area contributed by atoms with Crippen molar-refractivity contribution in [2.24, 2.45) is 11.8 Å². The zero-order valence-corrected chi connectivity index (χ0v) is 8.95. The Morgan fingerprint density at radius 3 is 3.00 bits per heavy atom. The molecule has 0 aromatic carbocycles. The Kier molecular flexibility index (Phi) is 2.41. The summed E-state index contributed by atoms with van der Waals surface area (Å²) in [5.74, 6) is 1.17. The molecule has 4 nitrogen and oxygen atoms in total. The third-order valence-corrected chi connectivity index (χ3v) is 3.95. The highest BCUT2D eigenvalue weighted by Gasteiger charge is 2.40. The number of hydrogen-bond donors (Lipinski definition) is 1. The molecular formula is C11H18N2O2. The van der Waals surface area contributed by atoms with Crippen molar-refractivity contribution in [3.8, 4) is 0 Å². The van der Waals surface area contributed by atoms with Gasteiger partial charge in [-0.15, -0.1) is 0 Å². The number of hydrogen-bond acceptors (Lipinski definition) is 3. The van der Waals surface area contributed by atoms with Crippen molar-refractivity contribution >= 4 is 5.91 Å². The van der Waals surface area contributed by atoms with Gasteiger partial charge >= 0.3 is 0 Å². The summed E-state index contributed by atoms with van der Waals surface area (Å²) in [5, 5.41) is 3.47. The predicted octanol–water partition coefficient (Wildman–Crippen LogP) is -0.157. The molecule has 0 spiro atoms. The summed E-state index contributed by atoms with van der Waals surface area (Å²) in [4.78, 5) is 14.1. The second-order valence-electron chi connectivity index (χ2n) is 4.91. The smallest absolute Gasteiger partial charge is 0.228 e. The second-order valence-corrected chi connectivity index (χ2v) is 4.91. The van der Waals surface area contributed by atoms with Crippen LogP contribution in [0.25, 0.3) is 0 Å². The standard InChI is InChI=1S/C11H18N2O2/c14-11(9-2-4-15-7-9)13-5-8-1-3-12-10(8)6-13/h8-10,12H,1-7H2/t8-,9-,10+/m1/s1. The van der Waals surface area contributed by atoms with Crippen LogP contribution in [-0.2, 0) is 9.53 Å². The topological polar surface area (TPSA) is 41.6 Å². The first-order valence-corrected chi connectivity index (χ1v) is 5.94. The molecule has 3 heterocycles. The molecule has 1 N–H and O–H groups in total. The maximum atomic E-state index is 12.1. The molecule has 0 radical (unpaired) electrons. The number of fused-ring (bicyclic) bond motifs is 1. The van der Waals surface area contributed by atoms with Crippen molar-refractivity contribution in [1.82, 2.24) is 10.2 Å². The summed E-state index contributed by atoms with van der Waals surface area (Å²) in [5.41, 5.74) is 0. The number of carbonyl (C=O) groups excluding carboxylic acids is 1. The van der Waals surface area contributed by atoms with Crippen LogP contribution in [-0.4, -0.2) is 49.7 Å². The highest BCUT2D eigenvalue weighted by Crippen LogP contribution is 2.27. The molecule has 3 atom stereocenters. The Morgan fingerprint density at radius 2 is 2.27 bits per heavy atom. The van der Waals surface area contributed by atoms with Gasteiger partial charge in [-0.1, -0.05) is 0 Å². The van der Waals surface area contributed by atoms with Gasteiger partial charge in [-0.05, 0) is 25.3 Å². The normalized spacial score (nSPS) is 39.7. The molecule has 15 heavy (non-hydrogen) atoms. The molecule has 1 amide bonds. The van der Waals surface area contributed by atoms with Gasteiger partial charge in [0.25, 0.3) is 0 Å². The van der Waals surface area contributed by atoms with Crippen LogP contribution < -0.4 is 5.32 Å². The van der Waals surface area contributed by atoms with Crippen LogP contribution in [0.15, 0.2) is 0 Å². The first-order chi connectivity index (χ1) is 7.34. The largest absolute Gasteiger partial charge is 0.381 e. The van der Waals surface area contributed by atoms with Crippen molar-refractivity contribution in [2.45, 2.75) is 18.9 Å². The van der Waals surface area contributed by atoms with Crippen molar-refractivity contribution in [3.05, 3.63) is 0 Å². The van der Waals surface area contributed by atoms with Gasteiger partial charge in [0.2, 0.25) is 5.91 Å². The number of carbonyl (C=O) groups is 1. The summed E-state index contributed by atoms with van der Waals surface area (Å²) in [7, 11) is 0. The van der Waals surface area contributed by atoms with E-state index >= 15 is 0 Å². The minimum Gasteiger partial charge on any atom is -0.381 e. The Balaban J connectivity index is 1.61. The van der Waals surface area contributed by atoms with Gasteiger partial charge in [0, 0.05) is 25.7 Å². The van der Waals surface area contributed by atoms with Crippen LogP contribution in [0, 0.1) is 11.8 Å². The third kappa shape index (κ3) is 1.66. The van der Waals surface area contributed by atoms with Gasteiger partial charge in [-0.2, -0.15) is 0 Å². The molecule has 0 aromatic heterocycles. The van der Waals surface area contributed by atoms with Gasteiger partial charge in [0.05, 0.1) is 12.5 Å². The zero-order valence-electron chi connectivity index (χ0n) is 8.95. The van der Waals surface area contributed by atoms with Crippen molar-refractivity contribution < 1.29 is 9.53 Å². The molecule has 3 aliphatic heterocycles. The van der Waals surface area contributed by atoms with E-state index in [1.165, 1.54) is 6.42 Å². The van der Waals surface area contributed by atoms with Crippen molar-refractivity contribution in [1.29, 1.82) is 0 Å². The minimum absolute atomic E-state index is 0.142. The van der Waals surface area contributed by atoms with Gasteiger partial charge in [-0.3, -0.25) is 4.79 Å². The van der Waals surface area contributed by atoms with E-state index in [9.17, 15) is 4.79 Å². The lowest BCUT2D eigenvalue weighted by Crippen LogP contribution is -2.37. The summed E-state index contributed by atoms with van der Waals surface area (Å²) in [6, 6.07) is 0.566. The van der Waals surface area contributed by atoms with E-state index in [1.54, 1.807) is 0 Å². The van der Waals surface area contributed by atoms with Gasteiger partial charge < -0.3 is 15.0 Å². The summed E-state index contributed by atoms with van der Waals surface area (Å²) in [6.07, 6.45) is 2.15. The number of likely N-dealkylation sites (tertiary alicyclic amines) is 1. The van der Waals surface area contributed by atoms with E-state index in [0.29, 0.717) is 24.5 Å². The van der Waals surface area contributed by atoms with Crippen LogP contribution in [0.1, 0.15) is 12.8 Å². The molecule has 84 valence electrons. The molecule has 3 fully saturated rings. The molecule has 4 heteroatoms. The van der Waals surface area contributed by atoms with Crippen molar-refractivity contribution in [3.63, 3.8) is 0 Å². The first kappa shape index (κ1) is 9.60. The Morgan fingerprint density at radius 1 is 1.33 bits per heavy atom. The lowest BCUT2D eigenvalue weighted by molar-refractivity contribution is -0.134. The predicted molar refractivity (Wildman–Crippen MR) is 55.4 cm³/mol.